The zero-order chi connectivity index (χ0) is 30.1. The first-order valence-electron chi connectivity index (χ1n) is 12.5. The zero-order valence-corrected chi connectivity index (χ0v) is 25.2. The number of ketones is 1. The number of benzene rings is 2. The number of carbonyl (C=O) groups is 3. The number of ether oxygens (including phenoxy) is 4. The van der Waals surface area contributed by atoms with Crippen LogP contribution < -0.4 is 9.47 Å². The molecule has 41 heavy (non-hydrogen) atoms. The number of methoxy groups -OCH3 is 1. The molecule has 1 heterocycles. The first kappa shape index (κ1) is 31.5. The molecule has 0 spiro atoms. The van der Waals surface area contributed by atoms with Crippen LogP contribution in [0.25, 0.3) is 6.08 Å². The molecule has 3 aromatic rings. The summed E-state index contributed by atoms with van der Waals surface area (Å²) in [4.78, 5) is 38.8. The van der Waals surface area contributed by atoms with Crippen LogP contribution in [0.4, 0.5) is 4.39 Å². The summed E-state index contributed by atoms with van der Waals surface area (Å²) in [7, 11) is 1.43. The number of Topliss-reactive ketones (excluding diaryl/α,β-unsaturated/α-hetero) is 1. The number of hydrogen-bond donors (Lipinski definition) is 0. The van der Waals surface area contributed by atoms with Crippen molar-refractivity contribution in [2.24, 2.45) is 0 Å². The maximum atomic E-state index is 14.0. The molecule has 1 aromatic heterocycles. The fourth-order valence-corrected chi connectivity index (χ4v) is 5.63. The van der Waals surface area contributed by atoms with Crippen molar-refractivity contribution in [1.29, 1.82) is 5.26 Å². The first-order chi connectivity index (χ1) is 19.6. The summed E-state index contributed by atoms with van der Waals surface area (Å²) in [5.74, 6) is -1.63. The highest BCUT2D eigenvalue weighted by Gasteiger charge is 2.28. The van der Waals surface area contributed by atoms with Gasteiger partial charge < -0.3 is 18.9 Å². The van der Waals surface area contributed by atoms with E-state index >= 15 is 0 Å². The van der Waals surface area contributed by atoms with Crippen LogP contribution in [0.2, 0.25) is 0 Å². The van der Waals surface area contributed by atoms with Gasteiger partial charge in [-0.05, 0) is 72.1 Å². The quantitative estimate of drug-likeness (QED) is 0.123. The van der Waals surface area contributed by atoms with E-state index in [1.807, 2.05) is 6.07 Å². The van der Waals surface area contributed by atoms with Crippen LogP contribution in [0.1, 0.15) is 55.4 Å². The number of rotatable bonds is 12. The molecule has 11 heteroatoms. The summed E-state index contributed by atoms with van der Waals surface area (Å²) < 4.78 is 35.9. The molecule has 3 rings (SSSR count). The molecule has 2 aromatic carbocycles. The number of nitriles is 1. The largest absolute Gasteiger partial charge is 0.493 e. The SMILES string of the molecule is CCOC(=O)c1sc(CC(=O)/C(C#N)=C/c2cc(Br)c(OCc3ccccc3F)c(OC)c2)c(C(=O)OCC)c1C. The second kappa shape index (κ2) is 14.6. The Kier molecular flexibility index (Phi) is 11.2. The Labute approximate surface area is 249 Å². The van der Waals surface area contributed by atoms with Gasteiger partial charge in [-0.15, -0.1) is 11.3 Å². The molecule has 0 aliphatic carbocycles. The first-order valence-corrected chi connectivity index (χ1v) is 14.1. The molecule has 0 unspecified atom stereocenters. The van der Waals surface area contributed by atoms with E-state index in [9.17, 15) is 24.0 Å². The summed E-state index contributed by atoms with van der Waals surface area (Å²) in [5, 5.41) is 9.80. The molecule has 214 valence electrons. The van der Waals surface area contributed by atoms with E-state index in [1.165, 1.54) is 19.3 Å². The standard InChI is InChI=1S/C30H27BrFNO7S/c1-5-38-29(35)26-17(3)28(30(36)39-6-2)41-25(26)14-23(34)20(15-33)11-18-12-21(31)27(24(13-18)37-4)40-16-19-9-7-8-10-22(19)32/h7-13H,5-6,14,16H2,1-4H3/b20-11+. The molecular formula is C30H27BrFNO7S. The summed E-state index contributed by atoms with van der Waals surface area (Å²) in [6, 6.07) is 11.3. The minimum absolute atomic E-state index is 0.0461. The number of allylic oxidation sites excluding steroid dienone is 1. The van der Waals surface area contributed by atoms with Gasteiger partial charge in [0.05, 0.1) is 35.9 Å². The Balaban J connectivity index is 1.91. The number of esters is 2. The minimum Gasteiger partial charge on any atom is -0.493 e. The fourth-order valence-electron chi connectivity index (χ4n) is 3.87. The van der Waals surface area contributed by atoms with E-state index in [0.717, 1.165) is 11.3 Å². The maximum Gasteiger partial charge on any atom is 0.348 e. The highest BCUT2D eigenvalue weighted by molar-refractivity contribution is 9.10. The highest BCUT2D eigenvalue weighted by atomic mass is 79.9. The topological polar surface area (TPSA) is 112 Å². The monoisotopic (exact) mass is 643 g/mol. The molecule has 0 radical (unpaired) electrons. The van der Waals surface area contributed by atoms with Gasteiger partial charge in [-0.3, -0.25) is 4.79 Å². The van der Waals surface area contributed by atoms with E-state index in [4.69, 9.17) is 18.9 Å². The molecule has 0 fully saturated rings. The molecule has 0 atom stereocenters. The molecule has 8 nitrogen and oxygen atoms in total. The highest BCUT2D eigenvalue weighted by Crippen LogP contribution is 2.38. The Morgan fingerprint density at radius 2 is 1.78 bits per heavy atom. The molecule has 0 aliphatic rings. The van der Waals surface area contributed by atoms with Gasteiger partial charge in [0.1, 0.15) is 23.4 Å². The van der Waals surface area contributed by atoms with Crippen molar-refractivity contribution in [3.05, 3.63) is 84.3 Å². The van der Waals surface area contributed by atoms with Crippen LogP contribution in [0, 0.1) is 24.1 Å². The molecule has 0 amide bonds. The van der Waals surface area contributed by atoms with Gasteiger partial charge in [-0.2, -0.15) is 5.26 Å². The normalized spacial score (nSPS) is 11.0. The third-order valence-corrected chi connectivity index (χ3v) is 7.66. The molecule has 0 bridgehead atoms. The third kappa shape index (κ3) is 7.60. The Morgan fingerprint density at radius 3 is 2.41 bits per heavy atom. The molecular weight excluding hydrogens is 617 g/mol. The van der Waals surface area contributed by atoms with Crippen molar-refractivity contribution >= 4 is 51.1 Å². The van der Waals surface area contributed by atoms with E-state index in [1.54, 1.807) is 51.1 Å². The average Bonchev–Trinajstić information content (AvgIpc) is 3.27. The van der Waals surface area contributed by atoms with E-state index in [-0.39, 0.29) is 42.3 Å². The lowest BCUT2D eigenvalue weighted by Crippen LogP contribution is -2.12. The molecule has 0 saturated heterocycles. The van der Waals surface area contributed by atoms with Crippen molar-refractivity contribution < 1.29 is 37.7 Å². The lowest BCUT2D eigenvalue weighted by molar-refractivity contribution is -0.114. The Morgan fingerprint density at radius 1 is 1.10 bits per heavy atom. The predicted octanol–water partition coefficient (Wildman–Crippen LogP) is 6.62. The van der Waals surface area contributed by atoms with Gasteiger partial charge in [0.2, 0.25) is 0 Å². The van der Waals surface area contributed by atoms with E-state index in [2.05, 4.69) is 15.9 Å². The molecule has 0 saturated carbocycles. The third-order valence-electron chi connectivity index (χ3n) is 5.79. The van der Waals surface area contributed by atoms with Gasteiger partial charge in [0.25, 0.3) is 0 Å². The van der Waals surface area contributed by atoms with E-state index in [0.29, 0.717) is 37.5 Å². The lowest BCUT2D eigenvalue weighted by atomic mass is 10.0. The van der Waals surface area contributed by atoms with Gasteiger partial charge >= 0.3 is 11.9 Å². The van der Waals surface area contributed by atoms with Gasteiger partial charge in [0, 0.05) is 16.9 Å². The second-order valence-corrected chi connectivity index (χ2v) is 10.4. The summed E-state index contributed by atoms with van der Waals surface area (Å²) in [5.41, 5.74) is 1.11. The van der Waals surface area contributed by atoms with Crippen molar-refractivity contribution in [1.82, 2.24) is 0 Å². The average molecular weight is 645 g/mol. The smallest absolute Gasteiger partial charge is 0.348 e. The zero-order valence-electron chi connectivity index (χ0n) is 22.8. The van der Waals surface area contributed by atoms with Crippen molar-refractivity contribution in [3.8, 4) is 17.6 Å². The van der Waals surface area contributed by atoms with Crippen molar-refractivity contribution in [2.45, 2.75) is 33.8 Å². The van der Waals surface area contributed by atoms with Crippen LogP contribution in [0.5, 0.6) is 11.5 Å². The number of halogens is 2. The summed E-state index contributed by atoms with van der Waals surface area (Å²) >= 11 is 4.38. The fraction of sp³-hybridized carbons (Fsp3) is 0.267. The summed E-state index contributed by atoms with van der Waals surface area (Å²) in [6.45, 7) is 5.11. The molecule has 0 N–H and O–H groups in total. The van der Waals surface area contributed by atoms with Gasteiger partial charge in [0.15, 0.2) is 17.3 Å². The number of hydrogen-bond acceptors (Lipinski definition) is 9. The van der Waals surface area contributed by atoms with Crippen molar-refractivity contribution in [3.63, 3.8) is 0 Å². The number of thiophene rings is 1. The predicted molar refractivity (Wildman–Crippen MR) is 155 cm³/mol. The minimum atomic E-state index is -0.665. The Bertz CT molecular complexity index is 1540. The van der Waals surface area contributed by atoms with Crippen molar-refractivity contribution in [2.75, 3.05) is 20.3 Å². The van der Waals surface area contributed by atoms with Gasteiger partial charge in [-0.1, -0.05) is 18.2 Å². The lowest BCUT2D eigenvalue weighted by Gasteiger charge is -2.14. The van der Waals surface area contributed by atoms with E-state index < -0.39 is 23.5 Å². The van der Waals surface area contributed by atoms with Gasteiger partial charge in [-0.25, -0.2) is 14.0 Å². The van der Waals surface area contributed by atoms with Crippen LogP contribution in [0.15, 0.2) is 46.4 Å². The second-order valence-electron chi connectivity index (χ2n) is 8.48. The van der Waals surface area contributed by atoms with Crippen LogP contribution in [-0.4, -0.2) is 38.0 Å². The maximum absolute atomic E-state index is 14.0. The number of nitrogens with zero attached hydrogens (tertiary/aromatic N) is 1. The van der Waals surface area contributed by atoms with Crippen LogP contribution in [-0.2, 0) is 27.3 Å². The Hall–Kier alpha value is -4.01. The van der Waals surface area contributed by atoms with Crippen LogP contribution in [0.3, 0.4) is 0 Å². The van der Waals surface area contributed by atoms with Crippen LogP contribution >= 0.6 is 27.3 Å². The number of carbonyl (C=O) groups excluding carboxylic acids is 3. The molecule has 0 aliphatic heterocycles. The summed E-state index contributed by atoms with van der Waals surface area (Å²) in [6.07, 6.45) is 1.08.